The Hall–Kier alpha value is -2.20. The summed E-state index contributed by atoms with van der Waals surface area (Å²) in [5.74, 6) is 0. The lowest BCUT2D eigenvalue weighted by Gasteiger charge is -2.20. The van der Waals surface area contributed by atoms with Crippen LogP contribution in [0.4, 0.5) is 21.9 Å². The molecule has 0 bridgehead atoms. The monoisotopic (exact) mass is 388 g/mol. The molecule has 0 fully saturated rings. The molecule has 148 valence electrons. The number of rotatable bonds is 8. The molecule has 9 nitrogen and oxygen atoms in total. The summed E-state index contributed by atoms with van der Waals surface area (Å²) in [5.41, 5.74) is 0.891. The van der Waals surface area contributed by atoms with Crippen LogP contribution in [0.15, 0.2) is 17.0 Å². The molecule has 0 saturated carbocycles. The van der Waals surface area contributed by atoms with Gasteiger partial charge < -0.3 is 26.0 Å². The van der Waals surface area contributed by atoms with Gasteiger partial charge in [-0.3, -0.25) is 4.18 Å². The van der Waals surface area contributed by atoms with E-state index in [0.29, 0.717) is 11.4 Å². The first kappa shape index (κ1) is 21.8. The number of alkyl carbamates (subject to hydrolysis) is 1. The number of anilines is 3. The van der Waals surface area contributed by atoms with E-state index in [4.69, 9.17) is 8.92 Å². The van der Waals surface area contributed by atoms with E-state index < -0.39 is 21.8 Å². The van der Waals surface area contributed by atoms with Gasteiger partial charge in [-0.1, -0.05) is 0 Å². The molecular weight excluding hydrogens is 360 g/mol. The second-order valence-electron chi connectivity index (χ2n) is 6.36. The van der Waals surface area contributed by atoms with E-state index in [-0.39, 0.29) is 18.0 Å². The van der Waals surface area contributed by atoms with E-state index in [0.717, 1.165) is 5.69 Å². The van der Waals surface area contributed by atoms with Crippen LogP contribution >= 0.6 is 0 Å². The van der Waals surface area contributed by atoms with Gasteiger partial charge in [-0.15, -0.1) is 0 Å². The van der Waals surface area contributed by atoms with Crippen molar-refractivity contribution in [2.45, 2.75) is 31.3 Å². The predicted octanol–water partition coefficient (Wildman–Crippen LogP) is 2.04. The number of hydrogen-bond acceptors (Lipinski definition) is 8. The third kappa shape index (κ3) is 6.26. The van der Waals surface area contributed by atoms with E-state index in [1.54, 1.807) is 54.0 Å². The van der Waals surface area contributed by atoms with Crippen molar-refractivity contribution < 1.29 is 22.1 Å². The molecule has 0 aliphatic carbocycles. The summed E-state index contributed by atoms with van der Waals surface area (Å²) < 4.78 is 35.3. The fourth-order valence-corrected chi connectivity index (χ4v) is 3.37. The predicted molar refractivity (Wildman–Crippen MR) is 102 cm³/mol. The fourth-order valence-electron chi connectivity index (χ4n) is 2.09. The molecule has 0 unspecified atom stereocenters. The number of carbonyl (C=O) groups excluding carboxylic acids is 1. The molecule has 1 aromatic rings. The number of nitrogens with one attached hydrogen (secondary N) is 4. The highest BCUT2D eigenvalue weighted by Gasteiger charge is 2.24. The third-order valence-corrected chi connectivity index (χ3v) is 4.59. The van der Waals surface area contributed by atoms with Crippen molar-refractivity contribution >= 4 is 33.3 Å². The topological polar surface area (TPSA) is 118 Å². The van der Waals surface area contributed by atoms with Gasteiger partial charge >= 0.3 is 16.2 Å². The zero-order valence-corrected chi connectivity index (χ0v) is 16.8. The summed E-state index contributed by atoms with van der Waals surface area (Å²) in [6.45, 7) is 4.98. The van der Waals surface area contributed by atoms with Crippen LogP contribution in [0.5, 0.6) is 0 Å². The first-order chi connectivity index (χ1) is 12.0. The maximum atomic E-state index is 12.6. The lowest BCUT2D eigenvalue weighted by Crippen LogP contribution is -2.34. The highest BCUT2D eigenvalue weighted by Crippen LogP contribution is 2.34. The lowest BCUT2D eigenvalue weighted by atomic mass is 10.2. The minimum absolute atomic E-state index is 0.00114. The largest absolute Gasteiger partial charge is 0.444 e. The van der Waals surface area contributed by atoms with Crippen molar-refractivity contribution in [1.29, 1.82) is 0 Å². The summed E-state index contributed by atoms with van der Waals surface area (Å²) in [4.78, 5) is 11.6. The van der Waals surface area contributed by atoms with Crippen molar-refractivity contribution in [1.82, 2.24) is 5.32 Å². The molecule has 0 heterocycles. The summed E-state index contributed by atoms with van der Waals surface area (Å²) >= 11 is 0. The van der Waals surface area contributed by atoms with Crippen LogP contribution in [0.2, 0.25) is 0 Å². The summed E-state index contributed by atoms with van der Waals surface area (Å²) in [7, 11) is 0.933. The van der Waals surface area contributed by atoms with Gasteiger partial charge in [0.25, 0.3) is 0 Å². The lowest BCUT2D eigenvalue weighted by molar-refractivity contribution is 0.0520. The van der Waals surface area contributed by atoms with Gasteiger partial charge in [-0.25, -0.2) is 4.79 Å². The number of benzene rings is 1. The minimum Gasteiger partial charge on any atom is -0.444 e. The van der Waals surface area contributed by atoms with Crippen LogP contribution in [0.25, 0.3) is 0 Å². The second kappa shape index (κ2) is 8.95. The van der Waals surface area contributed by atoms with E-state index >= 15 is 0 Å². The van der Waals surface area contributed by atoms with E-state index in [1.165, 1.54) is 0 Å². The Balaban J connectivity index is 2.84. The normalized spacial score (nSPS) is 11.6. The number of amides is 1. The average Bonchev–Trinajstić information content (AvgIpc) is 2.55. The quantitative estimate of drug-likeness (QED) is 0.395. The van der Waals surface area contributed by atoms with Crippen molar-refractivity contribution in [2.75, 3.05) is 50.2 Å². The van der Waals surface area contributed by atoms with Crippen LogP contribution in [0.3, 0.4) is 0 Å². The highest BCUT2D eigenvalue weighted by atomic mass is 32.2. The molecular formula is C16H28N4O5S. The van der Waals surface area contributed by atoms with Gasteiger partial charge in [-0.2, -0.15) is 8.42 Å². The molecule has 0 aliphatic rings. The molecule has 0 radical (unpaired) electrons. The molecule has 0 atom stereocenters. The van der Waals surface area contributed by atoms with Crippen molar-refractivity contribution in [2.24, 2.45) is 0 Å². The minimum atomic E-state index is -4.05. The molecule has 0 aliphatic heterocycles. The average molecular weight is 388 g/mol. The van der Waals surface area contributed by atoms with Crippen molar-refractivity contribution in [3.8, 4) is 0 Å². The van der Waals surface area contributed by atoms with Crippen LogP contribution in [-0.2, 0) is 19.0 Å². The zero-order valence-electron chi connectivity index (χ0n) is 16.0. The molecule has 1 aromatic carbocycles. The highest BCUT2D eigenvalue weighted by molar-refractivity contribution is 7.87. The van der Waals surface area contributed by atoms with Crippen LogP contribution in [0, 0.1) is 0 Å². The Morgan fingerprint density at radius 1 is 1.04 bits per heavy atom. The summed E-state index contributed by atoms with van der Waals surface area (Å²) in [6.07, 6.45) is -0.635. The van der Waals surface area contributed by atoms with Gasteiger partial charge in [0.15, 0.2) is 0 Å². The van der Waals surface area contributed by atoms with Gasteiger partial charge in [0.05, 0.1) is 18.0 Å². The van der Waals surface area contributed by atoms with E-state index in [1.807, 2.05) is 0 Å². The summed E-state index contributed by atoms with van der Waals surface area (Å²) in [5, 5.41) is 11.1. The van der Waals surface area contributed by atoms with Gasteiger partial charge in [0, 0.05) is 33.4 Å². The first-order valence-electron chi connectivity index (χ1n) is 8.11. The molecule has 1 amide bonds. The van der Waals surface area contributed by atoms with E-state index in [2.05, 4.69) is 21.3 Å². The molecule has 26 heavy (non-hydrogen) atoms. The Labute approximate surface area is 155 Å². The van der Waals surface area contributed by atoms with Gasteiger partial charge in [-0.05, 0) is 32.9 Å². The maximum Gasteiger partial charge on any atom is 0.407 e. The first-order valence-corrected chi connectivity index (χ1v) is 9.52. The molecule has 0 saturated heterocycles. The number of hydrogen-bond donors (Lipinski definition) is 4. The van der Waals surface area contributed by atoms with Crippen LogP contribution in [-0.4, -0.2) is 54.4 Å². The second-order valence-corrected chi connectivity index (χ2v) is 7.91. The Morgan fingerprint density at radius 2 is 1.58 bits per heavy atom. The Morgan fingerprint density at radius 3 is 2.00 bits per heavy atom. The van der Waals surface area contributed by atoms with Crippen LogP contribution < -0.4 is 21.3 Å². The molecule has 0 spiro atoms. The molecule has 1 rings (SSSR count). The van der Waals surface area contributed by atoms with Gasteiger partial charge in [0.2, 0.25) is 0 Å². The van der Waals surface area contributed by atoms with Crippen molar-refractivity contribution in [3.63, 3.8) is 0 Å². The van der Waals surface area contributed by atoms with Gasteiger partial charge in [0.1, 0.15) is 10.5 Å². The summed E-state index contributed by atoms with van der Waals surface area (Å²) in [6, 6.07) is 3.33. The maximum absolute atomic E-state index is 12.6. The third-order valence-electron chi connectivity index (χ3n) is 3.18. The Bertz CT molecular complexity index is 704. The van der Waals surface area contributed by atoms with E-state index in [9.17, 15) is 13.2 Å². The van der Waals surface area contributed by atoms with Crippen LogP contribution in [0.1, 0.15) is 20.8 Å². The van der Waals surface area contributed by atoms with Crippen molar-refractivity contribution in [3.05, 3.63) is 12.1 Å². The standard InChI is InChI=1S/C16H28N4O5S/c1-16(2,3)25-15(21)20-7-8-24-26(22,23)14-12(18-5)9-11(17-4)10-13(14)19-6/h9-10,17-19H,7-8H2,1-6H3,(H,20,21). The molecule has 10 heteroatoms. The number of carbonyl (C=O) groups is 1. The molecule has 4 N–H and O–H groups in total. The smallest absolute Gasteiger partial charge is 0.407 e. The zero-order chi connectivity index (χ0) is 20.0. The SMILES string of the molecule is CNc1cc(NC)c(S(=O)(=O)OCCNC(=O)OC(C)(C)C)c(NC)c1. The fraction of sp³-hybridized carbons (Fsp3) is 0.562. The molecule has 0 aromatic heterocycles. The number of ether oxygens (including phenoxy) is 1. The Kier molecular flexibility index (Phi) is 7.52.